The number of rotatable bonds is 2. The van der Waals surface area contributed by atoms with Crippen molar-refractivity contribution in [2.24, 2.45) is 11.8 Å². The molecule has 1 aliphatic carbocycles. The SMILES string of the molecule is Cc1ccc(C#Cc2ccc(CC3CCC(C)CC3)cc2)c(F)c1F. The van der Waals surface area contributed by atoms with Crippen molar-refractivity contribution in [3.05, 3.63) is 70.3 Å². The fraction of sp³-hybridized carbons (Fsp3) is 0.391. The van der Waals surface area contributed by atoms with Crippen LogP contribution in [0.25, 0.3) is 0 Å². The minimum atomic E-state index is -0.865. The Morgan fingerprint density at radius 1 is 0.880 bits per heavy atom. The van der Waals surface area contributed by atoms with Crippen LogP contribution in [0, 0.1) is 42.2 Å². The molecule has 0 unspecified atom stereocenters. The molecule has 1 aliphatic rings. The molecule has 0 radical (unpaired) electrons. The minimum absolute atomic E-state index is 0.100. The molecule has 0 amide bonds. The zero-order valence-corrected chi connectivity index (χ0v) is 14.9. The number of hydrogen-bond donors (Lipinski definition) is 0. The van der Waals surface area contributed by atoms with Crippen molar-refractivity contribution >= 4 is 0 Å². The lowest BCUT2D eigenvalue weighted by Crippen LogP contribution is -2.14. The average molecular weight is 338 g/mol. The fourth-order valence-corrected chi connectivity index (χ4v) is 3.47. The number of halogens is 2. The van der Waals surface area contributed by atoms with E-state index in [0.29, 0.717) is 5.56 Å². The maximum Gasteiger partial charge on any atom is 0.174 e. The predicted octanol–water partition coefficient (Wildman–Crippen LogP) is 6.04. The minimum Gasteiger partial charge on any atom is -0.203 e. The first-order chi connectivity index (χ1) is 12.0. The molecule has 2 heteroatoms. The summed E-state index contributed by atoms with van der Waals surface area (Å²) in [5, 5.41) is 0. The first-order valence-corrected chi connectivity index (χ1v) is 9.08. The van der Waals surface area contributed by atoms with Crippen molar-refractivity contribution in [3.8, 4) is 11.8 Å². The second-order valence-electron chi connectivity index (χ2n) is 7.33. The van der Waals surface area contributed by atoms with Crippen LogP contribution < -0.4 is 0 Å². The van der Waals surface area contributed by atoms with Crippen LogP contribution in [0.1, 0.15) is 54.9 Å². The second-order valence-corrected chi connectivity index (χ2v) is 7.33. The molecule has 0 saturated heterocycles. The Balaban J connectivity index is 1.67. The van der Waals surface area contributed by atoms with Crippen molar-refractivity contribution in [2.75, 3.05) is 0 Å². The summed E-state index contributed by atoms with van der Waals surface area (Å²) in [6.45, 7) is 3.88. The molecule has 0 N–H and O–H groups in total. The van der Waals surface area contributed by atoms with E-state index in [1.807, 2.05) is 12.1 Å². The van der Waals surface area contributed by atoms with Crippen molar-refractivity contribution in [3.63, 3.8) is 0 Å². The van der Waals surface area contributed by atoms with E-state index in [2.05, 4.69) is 30.9 Å². The van der Waals surface area contributed by atoms with Gasteiger partial charge < -0.3 is 0 Å². The maximum atomic E-state index is 13.8. The molecule has 2 aromatic rings. The van der Waals surface area contributed by atoms with E-state index in [4.69, 9.17) is 0 Å². The standard InChI is InChI=1S/C23H24F2/c1-16-3-6-19(7-4-16)15-20-10-8-18(9-11-20)12-14-21-13-5-17(2)22(24)23(21)25/h5,8-11,13,16,19H,3-4,6-7,15H2,1-2H3. The summed E-state index contributed by atoms with van der Waals surface area (Å²) in [6.07, 6.45) is 6.44. The Bertz CT molecular complexity index is 785. The van der Waals surface area contributed by atoms with Gasteiger partial charge in [0.15, 0.2) is 11.6 Å². The van der Waals surface area contributed by atoms with Crippen LogP contribution in [-0.4, -0.2) is 0 Å². The topological polar surface area (TPSA) is 0 Å². The molecule has 0 nitrogen and oxygen atoms in total. The zero-order valence-electron chi connectivity index (χ0n) is 14.9. The molecule has 0 atom stereocenters. The molecule has 3 rings (SSSR count). The zero-order chi connectivity index (χ0) is 17.8. The Morgan fingerprint density at radius 2 is 1.56 bits per heavy atom. The number of hydrogen-bond acceptors (Lipinski definition) is 0. The van der Waals surface area contributed by atoms with E-state index in [1.165, 1.54) is 37.3 Å². The van der Waals surface area contributed by atoms with Gasteiger partial charge in [-0.1, -0.05) is 49.8 Å². The fourth-order valence-electron chi connectivity index (χ4n) is 3.47. The van der Waals surface area contributed by atoms with E-state index in [9.17, 15) is 8.78 Å². The number of aryl methyl sites for hydroxylation is 1. The van der Waals surface area contributed by atoms with E-state index in [1.54, 1.807) is 13.0 Å². The highest BCUT2D eigenvalue weighted by atomic mass is 19.2. The van der Waals surface area contributed by atoms with Crippen molar-refractivity contribution in [1.82, 2.24) is 0 Å². The first-order valence-electron chi connectivity index (χ1n) is 9.08. The highest BCUT2D eigenvalue weighted by molar-refractivity contribution is 5.45. The number of benzene rings is 2. The van der Waals surface area contributed by atoms with Gasteiger partial charge in [-0.05, 0) is 67.3 Å². The van der Waals surface area contributed by atoms with Crippen molar-refractivity contribution < 1.29 is 8.78 Å². The van der Waals surface area contributed by atoms with Gasteiger partial charge >= 0.3 is 0 Å². The van der Waals surface area contributed by atoms with Gasteiger partial charge in [-0.15, -0.1) is 0 Å². The van der Waals surface area contributed by atoms with E-state index < -0.39 is 11.6 Å². The maximum absolute atomic E-state index is 13.8. The predicted molar refractivity (Wildman–Crippen MR) is 98.3 cm³/mol. The van der Waals surface area contributed by atoms with Gasteiger partial charge in [0.25, 0.3) is 0 Å². The van der Waals surface area contributed by atoms with Gasteiger partial charge in [-0.2, -0.15) is 0 Å². The van der Waals surface area contributed by atoms with Crippen molar-refractivity contribution in [2.45, 2.75) is 46.0 Å². The van der Waals surface area contributed by atoms with Crippen LogP contribution in [0.3, 0.4) is 0 Å². The molecule has 25 heavy (non-hydrogen) atoms. The Hall–Kier alpha value is -2.14. The molecule has 0 aromatic heterocycles. The third-order valence-corrected chi connectivity index (χ3v) is 5.23. The first kappa shape index (κ1) is 17.7. The summed E-state index contributed by atoms with van der Waals surface area (Å²) in [4.78, 5) is 0. The monoisotopic (exact) mass is 338 g/mol. The molecular weight excluding hydrogens is 314 g/mol. The Morgan fingerprint density at radius 3 is 2.24 bits per heavy atom. The molecule has 0 spiro atoms. The normalized spacial score (nSPS) is 20.0. The van der Waals surface area contributed by atoms with Gasteiger partial charge in [0.05, 0.1) is 5.56 Å². The van der Waals surface area contributed by atoms with Crippen LogP contribution in [0.5, 0.6) is 0 Å². The van der Waals surface area contributed by atoms with E-state index in [-0.39, 0.29) is 5.56 Å². The summed E-state index contributed by atoms with van der Waals surface area (Å²) < 4.78 is 27.4. The summed E-state index contributed by atoms with van der Waals surface area (Å²) in [6, 6.07) is 11.2. The Kier molecular flexibility index (Phi) is 5.53. The van der Waals surface area contributed by atoms with E-state index >= 15 is 0 Å². The van der Waals surface area contributed by atoms with Crippen LogP contribution in [-0.2, 0) is 6.42 Å². The smallest absolute Gasteiger partial charge is 0.174 e. The highest BCUT2D eigenvalue weighted by Gasteiger charge is 2.18. The average Bonchev–Trinajstić information content (AvgIpc) is 2.62. The second kappa shape index (κ2) is 7.83. The van der Waals surface area contributed by atoms with Crippen LogP contribution >= 0.6 is 0 Å². The lowest BCUT2D eigenvalue weighted by molar-refractivity contribution is 0.289. The van der Waals surface area contributed by atoms with Gasteiger partial charge in [0, 0.05) is 5.56 Å². The summed E-state index contributed by atoms with van der Waals surface area (Å²) >= 11 is 0. The van der Waals surface area contributed by atoms with Crippen LogP contribution in [0.15, 0.2) is 36.4 Å². The van der Waals surface area contributed by atoms with Crippen LogP contribution in [0.4, 0.5) is 8.78 Å². The Labute approximate surface area is 149 Å². The third-order valence-electron chi connectivity index (χ3n) is 5.23. The molecule has 0 heterocycles. The van der Waals surface area contributed by atoms with E-state index in [0.717, 1.165) is 23.8 Å². The molecule has 1 fully saturated rings. The molecule has 0 bridgehead atoms. The van der Waals surface area contributed by atoms with Crippen molar-refractivity contribution in [1.29, 1.82) is 0 Å². The molecule has 130 valence electrons. The van der Waals surface area contributed by atoms with Gasteiger partial charge in [-0.25, -0.2) is 8.78 Å². The molecule has 2 aromatic carbocycles. The highest BCUT2D eigenvalue weighted by Crippen LogP contribution is 2.30. The lowest BCUT2D eigenvalue weighted by atomic mass is 9.80. The quantitative estimate of drug-likeness (QED) is 0.585. The summed E-state index contributed by atoms with van der Waals surface area (Å²) in [5.74, 6) is 5.65. The molecule has 1 saturated carbocycles. The molecule has 0 aliphatic heterocycles. The summed E-state index contributed by atoms with van der Waals surface area (Å²) in [7, 11) is 0. The largest absolute Gasteiger partial charge is 0.203 e. The van der Waals surface area contributed by atoms with Crippen LogP contribution in [0.2, 0.25) is 0 Å². The van der Waals surface area contributed by atoms with Gasteiger partial charge in [0.1, 0.15) is 0 Å². The lowest BCUT2D eigenvalue weighted by Gasteiger charge is -2.26. The van der Waals surface area contributed by atoms with Gasteiger partial charge in [0.2, 0.25) is 0 Å². The van der Waals surface area contributed by atoms with Gasteiger partial charge in [-0.3, -0.25) is 0 Å². The molecular formula is C23H24F2. The third kappa shape index (κ3) is 4.48. The summed E-state index contributed by atoms with van der Waals surface area (Å²) in [5.41, 5.74) is 2.55.